The van der Waals surface area contributed by atoms with Gasteiger partial charge in [-0.2, -0.15) is 0 Å². The third-order valence-electron chi connectivity index (χ3n) is 2.97. The molecule has 0 amide bonds. The molecule has 102 valence electrons. The standard InChI is InChI=1S/C15H18O4/c1-11(18-9-13-10-19-13)14-6-4-3-5-12(14)7-8-15(16)17-2/h3-8,11,13H,9-10H2,1-2H3/b8-7+. The number of ether oxygens (including phenoxy) is 3. The minimum Gasteiger partial charge on any atom is -0.466 e. The van der Waals surface area contributed by atoms with Crippen molar-refractivity contribution in [3.63, 3.8) is 0 Å². The summed E-state index contributed by atoms with van der Waals surface area (Å²) in [6.07, 6.45) is 3.37. The number of methoxy groups -OCH3 is 1. The zero-order valence-electron chi connectivity index (χ0n) is 11.2. The van der Waals surface area contributed by atoms with Gasteiger partial charge in [0.2, 0.25) is 0 Å². The summed E-state index contributed by atoms with van der Waals surface area (Å²) in [5.74, 6) is -0.366. The molecule has 0 radical (unpaired) electrons. The number of esters is 1. The second-order valence-corrected chi connectivity index (χ2v) is 4.42. The molecule has 2 unspecified atom stereocenters. The maximum atomic E-state index is 11.1. The summed E-state index contributed by atoms with van der Waals surface area (Å²) in [5, 5.41) is 0. The molecule has 0 bridgehead atoms. The number of carbonyl (C=O) groups is 1. The number of rotatable bonds is 6. The van der Waals surface area contributed by atoms with Crippen molar-refractivity contribution < 1.29 is 19.0 Å². The van der Waals surface area contributed by atoms with Gasteiger partial charge in [0, 0.05) is 6.08 Å². The van der Waals surface area contributed by atoms with Gasteiger partial charge >= 0.3 is 5.97 Å². The Morgan fingerprint density at radius 3 is 2.95 bits per heavy atom. The van der Waals surface area contributed by atoms with Gasteiger partial charge in [0.1, 0.15) is 6.10 Å². The van der Waals surface area contributed by atoms with Gasteiger partial charge in [-0.25, -0.2) is 4.79 Å². The largest absolute Gasteiger partial charge is 0.466 e. The van der Waals surface area contributed by atoms with Crippen LogP contribution in [0.5, 0.6) is 0 Å². The van der Waals surface area contributed by atoms with Crippen molar-refractivity contribution in [1.82, 2.24) is 0 Å². The van der Waals surface area contributed by atoms with E-state index in [2.05, 4.69) is 4.74 Å². The maximum absolute atomic E-state index is 11.1. The van der Waals surface area contributed by atoms with Crippen LogP contribution in [0.4, 0.5) is 0 Å². The predicted molar refractivity (Wildman–Crippen MR) is 71.6 cm³/mol. The predicted octanol–water partition coefficient (Wildman–Crippen LogP) is 2.35. The quantitative estimate of drug-likeness (QED) is 0.448. The van der Waals surface area contributed by atoms with Crippen LogP contribution in [0.3, 0.4) is 0 Å². The smallest absolute Gasteiger partial charge is 0.330 e. The topological polar surface area (TPSA) is 48.1 Å². The fraction of sp³-hybridized carbons (Fsp3) is 0.400. The lowest BCUT2D eigenvalue weighted by molar-refractivity contribution is -0.134. The Bertz CT molecular complexity index is 463. The first-order valence-corrected chi connectivity index (χ1v) is 6.29. The van der Waals surface area contributed by atoms with Crippen molar-refractivity contribution in [3.05, 3.63) is 41.5 Å². The molecule has 0 aliphatic carbocycles. The SMILES string of the molecule is COC(=O)/C=C/c1ccccc1C(C)OCC1CO1. The lowest BCUT2D eigenvalue weighted by Crippen LogP contribution is -2.07. The molecule has 4 heteroatoms. The van der Waals surface area contributed by atoms with E-state index in [0.29, 0.717) is 6.61 Å². The zero-order chi connectivity index (χ0) is 13.7. The van der Waals surface area contributed by atoms with Crippen LogP contribution in [0.1, 0.15) is 24.2 Å². The summed E-state index contributed by atoms with van der Waals surface area (Å²) in [5.41, 5.74) is 2.00. The van der Waals surface area contributed by atoms with Crippen molar-refractivity contribution in [2.45, 2.75) is 19.1 Å². The highest BCUT2D eigenvalue weighted by molar-refractivity contribution is 5.87. The minimum absolute atomic E-state index is 0.0392. The second kappa shape index (κ2) is 6.50. The summed E-state index contributed by atoms with van der Waals surface area (Å²) in [6, 6.07) is 7.83. The number of hydrogen-bond acceptors (Lipinski definition) is 4. The normalized spacial score (nSPS) is 19.4. The van der Waals surface area contributed by atoms with Crippen molar-refractivity contribution >= 4 is 12.0 Å². The number of benzene rings is 1. The molecule has 1 heterocycles. The van der Waals surface area contributed by atoms with Crippen LogP contribution in [-0.4, -0.2) is 32.4 Å². The van der Waals surface area contributed by atoms with Gasteiger partial charge in [-0.1, -0.05) is 24.3 Å². The number of hydrogen-bond donors (Lipinski definition) is 0. The van der Waals surface area contributed by atoms with Gasteiger partial charge in [0.25, 0.3) is 0 Å². The van der Waals surface area contributed by atoms with Gasteiger partial charge in [-0.15, -0.1) is 0 Å². The number of carbonyl (C=O) groups excluding carboxylic acids is 1. The number of epoxide rings is 1. The molecule has 1 aliphatic heterocycles. The van der Waals surface area contributed by atoms with Crippen molar-refractivity contribution in [1.29, 1.82) is 0 Å². The molecule has 2 rings (SSSR count). The van der Waals surface area contributed by atoms with E-state index >= 15 is 0 Å². The molecule has 0 aromatic heterocycles. The van der Waals surface area contributed by atoms with E-state index < -0.39 is 0 Å². The molecule has 1 fully saturated rings. The molecule has 1 aromatic rings. The highest BCUT2D eigenvalue weighted by atomic mass is 16.6. The third-order valence-corrected chi connectivity index (χ3v) is 2.97. The fourth-order valence-corrected chi connectivity index (χ4v) is 1.76. The zero-order valence-corrected chi connectivity index (χ0v) is 11.2. The maximum Gasteiger partial charge on any atom is 0.330 e. The summed E-state index contributed by atoms with van der Waals surface area (Å²) >= 11 is 0. The van der Waals surface area contributed by atoms with Crippen LogP contribution in [0.25, 0.3) is 6.08 Å². The average molecular weight is 262 g/mol. The molecular formula is C15H18O4. The Balaban J connectivity index is 2.05. The van der Waals surface area contributed by atoms with Gasteiger partial charge in [0.05, 0.1) is 26.4 Å². The van der Waals surface area contributed by atoms with Crippen LogP contribution >= 0.6 is 0 Å². The van der Waals surface area contributed by atoms with E-state index in [1.165, 1.54) is 13.2 Å². The molecule has 1 aliphatic rings. The Hall–Kier alpha value is -1.65. The van der Waals surface area contributed by atoms with Gasteiger partial charge in [0.15, 0.2) is 0 Å². The van der Waals surface area contributed by atoms with Gasteiger partial charge in [-0.3, -0.25) is 0 Å². The molecule has 0 spiro atoms. The van der Waals surface area contributed by atoms with Crippen LogP contribution in [0.15, 0.2) is 30.3 Å². The Labute approximate surface area is 113 Å². The van der Waals surface area contributed by atoms with E-state index in [4.69, 9.17) is 9.47 Å². The van der Waals surface area contributed by atoms with Gasteiger partial charge < -0.3 is 14.2 Å². The van der Waals surface area contributed by atoms with Crippen LogP contribution in [-0.2, 0) is 19.0 Å². The molecule has 2 atom stereocenters. The molecule has 0 N–H and O–H groups in total. The summed E-state index contributed by atoms with van der Waals surface area (Å²) in [7, 11) is 1.36. The lowest BCUT2D eigenvalue weighted by Gasteiger charge is -2.15. The van der Waals surface area contributed by atoms with Crippen LogP contribution < -0.4 is 0 Å². The monoisotopic (exact) mass is 262 g/mol. The van der Waals surface area contributed by atoms with E-state index in [1.807, 2.05) is 31.2 Å². The van der Waals surface area contributed by atoms with Crippen LogP contribution in [0, 0.1) is 0 Å². The third kappa shape index (κ3) is 4.19. The summed E-state index contributed by atoms with van der Waals surface area (Å²) < 4.78 is 15.5. The highest BCUT2D eigenvalue weighted by Gasteiger charge is 2.23. The lowest BCUT2D eigenvalue weighted by atomic mass is 10.0. The average Bonchev–Trinajstić information content (AvgIpc) is 3.26. The van der Waals surface area contributed by atoms with Crippen LogP contribution in [0.2, 0.25) is 0 Å². The molecule has 4 nitrogen and oxygen atoms in total. The van der Waals surface area contributed by atoms with E-state index in [1.54, 1.807) is 6.08 Å². The van der Waals surface area contributed by atoms with E-state index in [9.17, 15) is 4.79 Å². The molecule has 19 heavy (non-hydrogen) atoms. The van der Waals surface area contributed by atoms with Crippen molar-refractivity contribution in [2.24, 2.45) is 0 Å². The summed E-state index contributed by atoms with van der Waals surface area (Å²) in [4.78, 5) is 11.1. The minimum atomic E-state index is -0.366. The van der Waals surface area contributed by atoms with E-state index in [0.717, 1.165) is 17.7 Å². The van der Waals surface area contributed by atoms with E-state index in [-0.39, 0.29) is 18.2 Å². The van der Waals surface area contributed by atoms with Crippen molar-refractivity contribution in [2.75, 3.05) is 20.3 Å². The fourth-order valence-electron chi connectivity index (χ4n) is 1.76. The Kier molecular flexibility index (Phi) is 4.71. The van der Waals surface area contributed by atoms with Gasteiger partial charge in [-0.05, 0) is 24.1 Å². The molecule has 1 aromatic carbocycles. The first-order chi connectivity index (χ1) is 9.20. The first kappa shape index (κ1) is 13.8. The second-order valence-electron chi connectivity index (χ2n) is 4.42. The first-order valence-electron chi connectivity index (χ1n) is 6.29. The summed E-state index contributed by atoms with van der Waals surface area (Å²) in [6.45, 7) is 3.39. The molecule has 1 saturated heterocycles. The highest BCUT2D eigenvalue weighted by Crippen LogP contribution is 2.23. The molecular weight excluding hydrogens is 244 g/mol. The Morgan fingerprint density at radius 2 is 2.26 bits per heavy atom. The Morgan fingerprint density at radius 1 is 1.53 bits per heavy atom. The van der Waals surface area contributed by atoms with Crippen molar-refractivity contribution in [3.8, 4) is 0 Å². The molecule has 0 saturated carbocycles.